The van der Waals surface area contributed by atoms with Gasteiger partial charge in [0.25, 0.3) is 0 Å². The van der Waals surface area contributed by atoms with Crippen LogP contribution in [0, 0.1) is 3.57 Å². The lowest BCUT2D eigenvalue weighted by molar-refractivity contribution is 1.40. The van der Waals surface area contributed by atoms with Crippen molar-refractivity contribution in [3.05, 3.63) is 31.3 Å². The predicted molar refractivity (Wildman–Crippen MR) is 61.8 cm³/mol. The van der Waals surface area contributed by atoms with Crippen molar-refractivity contribution in [1.29, 1.82) is 0 Å². The summed E-state index contributed by atoms with van der Waals surface area (Å²) in [6, 6.07) is 3.77. The Balaban J connectivity index is 3.25. The van der Waals surface area contributed by atoms with E-state index in [4.69, 9.17) is 23.2 Å². The highest BCUT2D eigenvalue weighted by Crippen LogP contribution is 2.30. The monoisotopic (exact) mass is 364 g/mol. The van der Waals surface area contributed by atoms with Crippen LogP contribution in [0.3, 0.4) is 0 Å². The molecule has 0 aliphatic rings. The molecule has 0 amide bonds. The Hall–Kier alpha value is 1.01. The molecule has 60 valence electrons. The van der Waals surface area contributed by atoms with E-state index in [1.54, 1.807) is 0 Å². The zero-order valence-electron chi connectivity index (χ0n) is 5.37. The minimum Gasteiger partial charge on any atom is -0.0876 e. The normalized spacial score (nSPS) is 10.2. The van der Waals surface area contributed by atoms with Crippen molar-refractivity contribution < 1.29 is 0 Å². The second-order valence-electron chi connectivity index (χ2n) is 1.97. The first-order chi connectivity index (χ1) is 5.16. The van der Waals surface area contributed by atoms with Gasteiger partial charge in [-0.15, -0.1) is 0 Å². The molecule has 0 heterocycles. The van der Waals surface area contributed by atoms with E-state index in [9.17, 15) is 0 Å². The van der Waals surface area contributed by atoms with Gasteiger partial charge in [0, 0.05) is 8.90 Å². The molecule has 1 rings (SSSR count). The Bertz CT molecular complexity index is 275. The molecule has 0 unspecified atom stereocenters. The Morgan fingerprint density at radius 1 is 1.36 bits per heavy atom. The van der Waals surface area contributed by atoms with Crippen LogP contribution in [0.15, 0.2) is 12.1 Å². The maximum atomic E-state index is 5.90. The van der Waals surface area contributed by atoms with E-state index in [1.165, 1.54) is 5.56 Å². The van der Waals surface area contributed by atoms with E-state index in [0.717, 1.165) is 8.90 Å². The smallest absolute Gasteiger partial charge is 0.0728 e. The molecule has 0 atom stereocenters. The zero-order chi connectivity index (χ0) is 8.43. The van der Waals surface area contributed by atoms with Crippen LogP contribution in [0.5, 0.6) is 0 Å². The maximum absolute atomic E-state index is 5.90. The molecule has 0 aromatic heterocycles. The standard InChI is InChI=1S/C7H4BrCl2I/c8-3-4-1-2-5(9)6(10)7(4)11/h1-2H,3H2. The van der Waals surface area contributed by atoms with E-state index < -0.39 is 0 Å². The molecule has 0 saturated carbocycles. The minimum atomic E-state index is 0.612. The van der Waals surface area contributed by atoms with Gasteiger partial charge in [-0.3, -0.25) is 0 Å². The topological polar surface area (TPSA) is 0 Å². The highest BCUT2D eigenvalue weighted by atomic mass is 127. The number of rotatable bonds is 1. The van der Waals surface area contributed by atoms with Crippen LogP contribution in [-0.2, 0) is 5.33 Å². The predicted octanol–water partition coefficient (Wildman–Crippen LogP) is 4.49. The minimum absolute atomic E-state index is 0.612. The van der Waals surface area contributed by atoms with Gasteiger partial charge in [-0.2, -0.15) is 0 Å². The summed E-state index contributed by atoms with van der Waals surface area (Å²) in [5.74, 6) is 0. The molecule has 0 fully saturated rings. The zero-order valence-corrected chi connectivity index (χ0v) is 10.6. The second-order valence-corrected chi connectivity index (χ2v) is 4.39. The van der Waals surface area contributed by atoms with Crippen molar-refractivity contribution in [2.45, 2.75) is 5.33 Å². The van der Waals surface area contributed by atoms with Crippen molar-refractivity contribution in [3.63, 3.8) is 0 Å². The van der Waals surface area contributed by atoms with E-state index in [2.05, 4.69) is 38.5 Å². The summed E-state index contributed by atoms with van der Waals surface area (Å²) in [6.07, 6.45) is 0. The summed E-state index contributed by atoms with van der Waals surface area (Å²) in [5, 5.41) is 2.06. The summed E-state index contributed by atoms with van der Waals surface area (Å²) in [7, 11) is 0. The third-order valence-corrected chi connectivity index (χ3v) is 4.22. The molecule has 4 heteroatoms. The fourth-order valence-electron chi connectivity index (χ4n) is 0.669. The number of benzene rings is 1. The summed E-state index contributed by atoms with van der Waals surface area (Å²) < 4.78 is 1.02. The first-order valence-corrected chi connectivity index (χ1v) is 5.80. The summed E-state index contributed by atoms with van der Waals surface area (Å²) in [5.41, 5.74) is 1.17. The SMILES string of the molecule is Clc1ccc(CBr)c(I)c1Cl. The number of hydrogen-bond donors (Lipinski definition) is 0. The Labute approximate surface area is 97.5 Å². The third-order valence-electron chi connectivity index (χ3n) is 1.26. The van der Waals surface area contributed by atoms with Crippen molar-refractivity contribution in [2.75, 3.05) is 0 Å². The quantitative estimate of drug-likeness (QED) is 0.391. The average Bonchev–Trinajstić information content (AvgIpc) is 2.01. The molecule has 1 aromatic rings. The number of hydrogen-bond acceptors (Lipinski definition) is 0. The van der Waals surface area contributed by atoms with Gasteiger partial charge in [-0.25, -0.2) is 0 Å². The highest BCUT2D eigenvalue weighted by Gasteiger charge is 2.05. The molecule has 0 spiro atoms. The molecule has 0 nitrogen and oxygen atoms in total. The van der Waals surface area contributed by atoms with E-state index in [1.807, 2.05) is 12.1 Å². The van der Waals surface area contributed by atoms with Crippen LogP contribution >= 0.6 is 61.7 Å². The lowest BCUT2D eigenvalue weighted by Gasteiger charge is -2.03. The van der Waals surface area contributed by atoms with Crippen LogP contribution in [0.2, 0.25) is 10.0 Å². The van der Waals surface area contributed by atoms with Crippen molar-refractivity contribution in [2.24, 2.45) is 0 Å². The molecule has 1 aromatic carbocycles. The van der Waals surface area contributed by atoms with E-state index in [-0.39, 0.29) is 0 Å². The fourth-order valence-corrected chi connectivity index (χ4v) is 2.82. The Kier molecular flexibility index (Phi) is 3.95. The molecule has 0 radical (unpaired) electrons. The second kappa shape index (κ2) is 4.30. The lowest BCUT2D eigenvalue weighted by atomic mass is 10.2. The van der Waals surface area contributed by atoms with Gasteiger partial charge in [-0.05, 0) is 34.2 Å². The van der Waals surface area contributed by atoms with Gasteiger partial charge >= 0.3 is 0 Å². The molecule has 11 heavy (non-hydrogen) atoms. The largest absolute Gasteiger partial charge is 0.0876 e. The van der Waals surface area contributed by atoms with E-state index in [0.29, 0.717) is 10.0 Å². The molecular formula is C7H4BrCl2I. The number of alkyl halides is 1. The van der Waals surface area contributed by atoms with Gasteiger partial charge in [-0.1, -0.05) is 45.2 Å². The van der Waals surface area contributed by atoms with E-state index >= 15 is 0 Å². The molecule has 0 N–H and O–H groups in total. The fraction of sp³-hybridized carbons (Fsp3) is 0.143. The molecular weight excluding hydrogens is 362 g/mol. The third kappa shape index (κ3) is 2.23. The molecule has 0 bridgehead atoms. The van der Waals surface area contributed by atoms with Crippen LogP contribution in [0.4, 0.5) is 0 Å². The van der Waals surface area contributed by atoms with Crippen LogP contribution in [-0.4, -0.2) is 0 Å². The van der Waals surface area contributed by atoms with Gasteiger partial charge in [0.1, 0.15) is 0 Å². The average molecular weight is 366 g/mol. The van der Waals surface area contributed by atoms with Crippen molar-refractivity contribution in [3.8, 4) is 0 Å². The van der Waals surface area contributed by atoms with Gasteiger partial charge < -0.3 is 0 Å². The van der Waals surface area contributed by atoms with Gasteiger partial charge in [0.2, 0.25) is 0 Å². The van der Waals surface area contributed by atoms with Gasteiger partial charge in [0.15, 0.2) is 0 Å². The molecule has 0 saturated heterocycles. The lowest BCUT2D eigenvalue weighted by Crippen LogP contribution is -1.85. The Morgan fingerprint density at radius 2 is 2.00 bits per heavy atom. The first kappa shape index (κ1) is 10.1. The maximum Gasteiger partial charge on any atom is 0.0728 e. The highest BCUT2D eigenvalue weighted by molar-refractivity contribution is 14.1. The first-order valence-electron chi connectivity index (χ1n) is 2.85. The summed E-state index contributed by atoms with van der Waals surface area (Å²) in [4.78, 5) is 0. The molecule has 0 aliphatic carbocycles. The van der Waals surface area contributed by atoms with Crippen molar-refractivity contribution in [1.82, 2.24) is 0 Å². The summed E-state index contributed by atoms with van der Waals surface area (Å²) >= 11 is 17.2. The number of halogens is 4. The Morgan fingerprint density at radius 3 is 2.55 bits per heavy atom. The van der Waals surface area contributed by atoms with Crippen LogP contribution < -0.4 is 0 Å². The van der Waals surface area contributed by atoms with Gasteiger partial charge in [0.05, 0.1) is 10.0 Å². The van der Waals surface area contributed by atoms with Crippen LogP contribution in [0.1, 0.15) is 5.56 Å². The molecule has 0 aliphatic heterocycles. The van der Waals surface area contributed by atoms with Crippen LogP contribution in [0.25, 0.3) is 0 Å². The summed E-state index contributed by atoms with van der Waals surface area (Å²) in [6.45, 7) is 0. The van der Waals surface area contributed by atoms with Crippen molar-refractivity contribution >= 4 is 61.7 Å².